The van der Waals surface area contributed by atoms with Crippen molar-refractivity contribution in [3.05, 3.63) is 48.3 Å². The van der Waals surface area contributed by atoms with Gasteiger partial charge in [0.25, 0.3) is 0 Å². The van der Waals surface area contributed by atoms with E-state index in [0.29, 0.717) is 31.3 Å². The molecule has 1 aromatic heterocycles. The van der Waals surface area contributed by atoms with Crippen LogP contribution in [0.1, 0.15) is 24.7 Å². The van der Waals surface area contributed by atoms with E-state index in [9.17, 15) is 9.59 Å². The Bertz CT molecular complexity index is 1150. The number of hydrogen-bond donors (Lipinski definition) is 2. The van der Waals surface area contributed by atoms with Gasteiger partial charge in [-0.2, -0.15) is 11.8 Å². The Morgan fingerprint density at radius 2 is 2.06 bits per heavy atom. The summed E-state index contributed by atoms with van der Waals surface area (Å²) < 4.78 is 11.2. The first kappa shape index (κ1) is 21.6. The maximum Gasteiger partial charge on any atom is 0.227 e. The molecule has 1 fully saturated rings. The maximum absolute atomic E-state index is 13.2. The van der Waals surface area contributed by atoms with Crippen LogP contribution in [0.2, 0.25) is 0 Å². The van der Waals surface area contributed by atoms with Gasteiger partial charge in [-0.25, -0.2) is 4.98 Å². The second kappa shape index (κ2) is 9.35. The van der Waals surface area contributed by atoms with E-state index in [1.165, 1.54) is 0 Å². The normalized spacial score (nSPS) is 18.5. The van der Waals surface area contributed by atoms with Crippen LogP contribution >= 0.6 is 11.8 Å². The molecule has 2 amide bonds. The predicted octanol–water partition coefficient (Wildman–Crippen LogP) is 3.30. The maximum atomic E-state index is 13.2. The van der Waals surface area contributed by atoms with Crippen molar-refractivity contribution in [1.29, 1.82) is 0 Å². The first-order valence-electron chi connectivity index (χ1n) is 11.1. The van der Waals surface area contributed by atoms with Gasteiger partial charge in [-0.05, 0) is 42.7 Å². The number of imidazole rings is 1. The molecule has 0 aliphatic carbocycles. The highest BCUT2D eigenvalue weighted by Gasteiger charge is 2.36. The minimum absolute atomic E-state index is 0.0729. The molecule has 2 aliphatic rings. The lowest BCUT2D eigenvalue weighted by Gasteiger charge is -2.22. The van der Waals surface area contributed by atoms with E-state index in [4.69, 9.17) is 9.47 Å². The number of thioether (sulfide) groups is 1. The summed E-state index contributed by atoms with van der Waals surface area (Å²) in [6.45, 7) is 1.33. The number of aromatic amines is 1. The number of aromatic nitrogens is 2. The number of amides is 2. The van der Waals surface area contributed by atoms with E-state index in [2.05, 4.69) is 15.3 Å². The van der Waals surface area contributed by atoms with Gasteiger partial charge in [0.05, 0.1) is 23.0 Å². The fourth-order valence-corrected chi connectivity index (χ4v) is 4.74. The average Bonchev–Trinajstić information content (AvgIpc) is 3.45. The molecule has 2 aliphatic heterocycles. The van der Waals surface area contributed by atoms with E-state index < -0.39 is 5.92 Å². The first-order chi connectivity index (χ1) is 16.1. The van der Waals surface area contributed by atoms with Crippen LogP contribution in [0.5, 0.6) is 11.5 Å². The zero-order chi connectivity index (χ0) is 22.8. The van der Waals surface area contributed by atoms with Crippen LogP contribution in [0, 0.1) is 5.92 Å². The van der Waals surface area contributed by atoms with Gasteiger partial charge in [-0.3, -0.25) is 9.59 Å². The van der Waals surface area contributed by atoms with Crippen LogP contribution in [-0.2, 0) is 9.59 Å². The molecular weight excluding hydrogens is 440 g/mol. The SMILES string of the molecule is CSCCC(NC(=O)C1CC(=O)N(c2ccc3c(c2)OCCO3)C1)c1nc2ccccc2[nH]1. The fourth-order valence-electron chi connectivity index (χ4n) is 4.27. The highest BCUT2D eigenvalue weighted by atomic mass is 32.2. The quantitative estimate of drug-likeness (QED) is 0.555. The Morgan fingerprint density at radius 1 is 1.24 bits per heavy atom. The molecule has 2 atom stereocenters. The van der Waals surface area contributed by atoms with Crippen molar-refractivity contribution in [3.63, 3.8) is 0 Å². The number of nitrogens with one attached hydrogen (secondary N) is 2. The molecule has 0 saturated carbocycles. The number of anilines is 1. The number of rotatable bonds is 7. The number of para-hydroxylation sites is 2. The Labute approximate surface area is 196 Å². The van der Waals surface area contributed by atoms with E-state index in [1.807, 2.05) is 48.7 Å². The smallest absolute Gasteiger partial charge is 0.227 e. The summed E-state index contributed by atoms with van der Waals surface area (Å²) in [7, 11) is 0. The number of carbonyl (C=O) groups is 2. The van der Waals surface area contributed by atoms with Gasteiger partial charge in [0.15, 0.2) is 11.5 Å². The molecule has 2 N–H and O–H groups in total. The standard InChI is InChI=1S/C24H26N4O4S/c1-33-11-8-19(23-25-17-4-2-3-5-18(17)26-23)27-24(30)15-12-22(29)28(14-15)16-6-7-20-21(13-16)32-10-9-31-20/h2-7,13,15,19H,8-12,14H2,1H3,(H,25,26)(H,27,30). The third-order valence-corrected chi connectivity index (χ3v) is 6.64. The first-order valence-corrected chi connectivity index (χ1v) is 12.5. The Balaban J connectivity index is 1.30. The number of nitrogens with zero attached hydrogens (tertiary/aromatic N) is 2. The Morgan fingerprint density at radius 3 is 2.88 bits per heavy atom. The zero-order valence-corrected chi connectivity index (χ0v) is 19.2. The van der Waals surface area contributed by atoms with Crippen LogP contribution in [0.25, 0.3) is 11.0 Å². The van der Waals surface area contributed by atoms with Gasteiger partial charge in [0.2, 0.25) is 11.8 Å². The molecule has 0 radical (unpaired) electrons. The van der Waals surface area contributed by atoms with Crippen LogP contribution < -0.4 is 19.7 Å². The summed E-state index contributed by atoms with van der Waals surface area (Å²) in [5, 5.41) is 3.14. The van der Waals surface area contributed by atoms with Gasteiger partial charge >= 0.3 is 0 Å². The number of benzene rings is 2. The molecule has 2 aromatic carbocycles. The van der Waals surface area contributed by atoms with Crippen LogP contribution in [0.3, 0.4) is 0 Å². The Hall–Kier alpha value is -3.20. The summed E-state index contributed by atoms with van der Waals surface area (Å²) in [5.74, 6) is 2.30. The zero-order valence-electron chi connectivity index (χ0n) is 18.4. The second-order valence-electron chi connectivity index (χ2n) is 8.22. The third-order valence-electron chi connectivity index (χ3n) is 6.00. The molecule has 9 heteroatoms. The molecule has 33 heavy (non-hydrogen) atoms. The van der Waals surface area contributed by atoms with Crippen molar-refractivity contribution in [2.75, 3.05) is 36.7 Å². The number of fused-ring (bicyclic) bond motifs is 2. The number of carbonyl (C=O) groups excluding carboxylic acids is 2. The minimum Gasteiger partial charge on any atom is -0.486 e. The number of hydrogen-bond acceptors (Lipinski definition) is 6. The fraction of sp³-hybridized carbons (Fsp3) is 0.375. The molecule has 5 rings (SSSR count). The highest BCUT2D eigenvalue weighted by molar-refractivity contribution is 7.98. The van der Waals surface area contributed by atoms with Crippen molar-refractivity contribution in [3.8, 4) is 11.5 Å². The van der Waals surface area contributed by atoms with E-state index in [0.717, 1.165) is 34.7 Å². The van der Waals surface area contributed by atoms with E-state index >= 15 is 0 Å². The summed E-state index contributed by atoms with van der Waals surface area (Å²) in [6, 6.07) is 13.0. The average molecular weight is 467 g/mol. The van der Waals surface area contributed by atoms with Gasteiger partial charge in [-0.15, -0.1) is 0 Å². The number of ether oxygens (including phenoxy) is 2. The van der Waals surface area contributed by atoms with Gasteiger partial charge in [0.1, 0.15) is 19.0 Å². The molecule has 3 aromatic rings. The van der Waals surface area contributed by atoms with Crippen molar-refractivity contribution in [1.82, 2.24) is 15.3 Å². The monoisotopic (exact) mass is 466 g/mol. The molecule has 2 unspecified atom stereocenters. The summed E-state index contributed by atoms with van der Waals surface area (Å²) in [4.78, 5) is 35.6. The van der Waals surface area contributed by atoms with Crippen molar-refractivity contribution >= 4 is 40.3 Å². The third kappa shape index (κ3) is 4.50. The molecule has 0 spiro atoms. The lowest BCUT2D eigenvalue weighted by molar-refractivity contribution is -0.127. The second-order valence-corrected chi connectivity index (χ2v) is 9.20. The van der Waals surface area contributed by atoms with Crippen LogP contribution in [0.4, 0.5) is 5.69 Å². The van der Waals surface area contributed by atoms with E-state index in [1.54, 1.807) is 16.7 Å². The van der Waals surface area contributed by atoms with Crippen molar-refractivity contribution in [2.45, 2.75) is 18.9 Å². The van der Waals surface area contributed by atoms with Crippen LogP contribution in [-0.4, -0.2) is 53.5 Å². The highest BCUT2D eigenvalue weighted by Crippen LogP contribution is 2.36. The van der Waals surface area contributed by atoms with E-state index in [-0.39, 0.29) is 24.3 Å². The van der Waals surface area contributed by atoms with Gasteiger partial charge in [0, 0.05) is 24.7 Å². The van der Waals surface area contributed by atoms with Crippen molar-refractivity contribution in [2.24, 2.45) is 5.92 Å². The minimum atomic E-state index is -0.424. The summed E-state index contributed by atoms with van der Waals surface area (Å²) >= 11 is 1.72. The van der Waals surface area contributed by atoms with Crippen molar-refractivity contribution < 1.29 is 19.1 Å². The predicted molar refractivity (Wildman–Crippen MR) is 128 cm³/mol. The van der Waals surface area contributed by atoms with Gasteiger partial charge in [-0.1, -0.05) is 12.1 Å². The lowest BCUT2D eigenvalue weighted by Crippen LogP contribution is -2.36. The molecule has 172 valence electrons. The molecule has 3 heterocycles. The summed E-state index contributed by atoms with van der Waals surface area (Å²) in [5.41, 5.74) is 2.53. The molecule has 8 nitrogen and oxygen atoms in total. The lowest BCUT2D eigenvalue weighted by atomic mass is 10.1. The molecule has 1 saturated heterocycles. The molecule has 0 bridgehead atoms. The molecular formula is C24H26N4O4S. The van der Waals surface area contributed by atoms with Gasteiger partial charge < -0.3 is 24.7 Å². The largest absolute Gasteiger partial charge is 0.486 e. The summed E-state index contributed by atoms with van der Waals surface area (Å²) in [6.07, 6.45) is 2.97. The topological polar surface area (TPSA) is 96.6 Å². The number of H-pyrrole nitrogens is 1. The Kier molecular flexibility index (Phi) is 6.13. The van der Waals surface area contributed by atoms with Crippen LogP contribution in [0.15, 0.2) is 42.5 Å².